The first kappa shape index (κ1) is 11.0. The number of aromatic nitrogens is 5. The highest BCUT2D eigenvalue weighted by atomic mass is 32.2. The molecule has 1 N–H and O–H groups in total. The molecule has 0 aliphatic rings. The van der Waals surface area contributed by atoms with Gasteiger partial charge in [0.1, 0.15) is 5.03 Å². The van der Waals surface area contributed by atoms with Gasteiger partial charge in [-0.1, -0.05) is 6.07 Å². The van der Waals surface area contributed by atoms with Crippen molar-refractivity contribution in [2.45, 2.75) is 23.2 Å². The van der Waals surface area contributed by atoms with Gasteiger partial charge in [-0.15, -0.1) is 5.10 Å². The molecular weight excluding hydrogens is 226 g/mol. The molecule has 0 bridgehead atoms. The van der Waals surface area contributed by atoms with Crippen molar-refractivity contribution in [2.75, 3.05) is 0 Å². The molecule has 0 aliphatic carbocycles. The van der Waals surface area contributed by atoms with E-state index in [2.05, 4.69) is 20.5 Å². The van der Waals surface area contributed by atoms with E-state index in [4.69, 9.17) is 0 Å². The minimum atomic E-state index is -0.497. The normalized spacial score (nSPS) is 12.7. The van der Waals surface area contributed by atoms with E-state index in [0.29, 0.717) is 5.16 Å². The van der Waals surface area contributed by atoms with Crippen molar-refractivity contribution in [1.29, 1.82) is 0 Å². The van der Waals surface area contributed by atoms with Crippen LogP contribution in [0.3, 0.4) is 0 Å². The van der Waals surface area contributed by atoms with Gasteiger partial charge < -0.3 is 5.11 Å². The highest BCUT2D eigenvalue weighted by Crippen LogP contribution is 2.23. The molecule has 84 valence electrons. The third-order valence-corrected chi connectivity index (χ3v) is 3.00. The summed E-state index contributed by atoms with van der Waals surface area (Å²) in [5.74, 6) is 0. The van der Waals surface area contributed by atoms with Gasteiger partial charge in [0.05, 0.1) is 6.10 Å². The first-order valence-corrected chi connectivity index (χ1v) is 5.52. The zero-order chi connectivity index (χ0) is 11.5. The number of hydrogen-bond donors (Lipinski definition) is 1. The Morgan fingerprint density at radius 3 is 2.75 bits per heavy atom. The van der Waals surface area contributed by atoms with Crippen molar-refractivity contribution >= 4 is 11.8 Å². The number of nitrogens with zero attached hydrogens (tertiary/aromatic N) is 5. The average molecular weight is 237 g/mol. The van der Waals surface area contributed by atoms with Crippen LogP contribution in [0.5, 0.6) is 0 Å². The van der Waals surface area contributed by atoms with Gasteiger partial charge in [-0.25, -0.2) is 9.67 Å². The number of rotatable bonds is 3. The molecule has 0 unspecified atom stereocenters. The molecule has 0 spiro atoms. The first-order valence-electron chi connectivity index (χ1n) is 4.71. The molecule has 0 aliphatic heterocycles. The summed E-state index contributed by atoms with van der Waals surface area (Å²) >= 11 is 1.38. The van der Waals surface area contributed by atoms with E-state index in [9.17, 15) is 5.11 Å². The fourth-order valence-electron chi connectivity index (χ4n) is 1.10. The molecule has 16 heavy (non-hydrogen) atoms. The molecule has 6 nitrogen and oxygen atoms in total. The minimum absolute atomic E-state index is 0.497. The van der Waals surface area contributed by atoms with Gasteiger partial charge in [-0.3, -0.25) is 0 Å². The Kier molecular flexibility index (Phi) is 3.16. The van der Waals surface area contributed by atoms with Gasteiger partial charge in [0.15, 0.2) is 0 Å². The molecule has 0 saturated heterocycles. The average Bonchev–Trinajstić information content (AvgIpc) is 2.65. The van der Waals surface area contributed by atoms with Gasteiger partial charge in [0.25, 0.3) is 0 Å². The van der Waals surface area contributed by atoms with Crippen LogP contribution in [0, 0.1) is 0 Å². The predicted octanol–water partition coefficient (Wildman–Crippen LogP) is 0.810. The second kappa shape index (κ2) is 4.58. The van der Waals surface area contributed by atoms with Crippen LogP contribution in [0.25, 0.3) is 0 Å². The van der Waals surface area contributed by atoms with E-state index in [-0.39, 0.29) is 0 Å². The molecule has 2 aromatic rings. The number of aryl methyl sites for hydroxylation is 1. The zero-order valence-corrected chi connectivity index (χ0v) is 9.72. The zero-order valence-electron chi connectivity index (χ0n) is 8.90. The molecule has 2 rings (SSSR count). The maximum Gasteiger partial charge on any atom is 0.215 e. The van der Waals surface area contributed by atoms with Gasteiger partial charge in [-0.2, -0.15) is 0 Å². The topological polar surface area (TPSA) is 76.7 Å². The first-order chi connectivity index (χ1) is 7.66. The van der Waals surface area contributed by atoms with Crippen molar-refractivity contribution < 1.29 is 5.11 Å². The summed E-state index contributed by atoms with van der Waals surface area (Å²) < 4.78 is 1.58. The number of aliphatic hydroxyl groups excluding tert-OH is 1. The van der Waals surface area contributed by atoms with Crippen LogP contribution in [0.4, 0.5) is 0 Å². The molecule has 0 saturated carbocycles. The number of pyridine rings is 1. The minimum Gasteiger partial charge on any atom is -0.389 e. The fourth-order valence-corrected chi connectivity index (χ4v) is 1.77. The van der Waals surface area contributed by atoms with Crippen molar-refractivity contribution in [3.05, 3.63) is 23.9 Å². The third-order valence-electron chi connectivity index (χ3n) is 2.02. The van der Waals surface area contributed by atoms with Crippen LogP contribution in [0.1, 0.15) is 18.6 Å². The Hall–Kier alpha value is -1.47. The van der Waals surface area contributed by atoms with Crippen molar-refractivity contribution in [1.82, 2.24) is 25.2 Å². The number of hydrogen-bond acceptors (Lipinski definition) is 6. The number of tetrazole rings is 1. The van der Waals surface area contributed by atoms with Crippen molar-refractivity contribution in [3.8, 4) is 0 Å². The van der Waals surface area contributed by atoms with E-state index in [1.165, 1.54) is 11.8 Å². The molecule has 0 amide bonds. The third kappa shape index (κ3) is 2.37. The Morgan fingerprint density at radius 1 is 1.44 bits per heavy atom. The van der Waals surface area contributed by atoms with E-state index in [1.807, 2.05) is 12.1 Å². The van der Waals surface area contributed by atoms with E-state index in [0.717, 1.165) is 10.6 Å². The van der Waals surface area contributed by atoms with Crippen LogP contribution < -0.4 is 0 Å². The Labute approximate surface area is 96.7 Å². The van der Waals surface area contributed by atoms with Crippen LogP contribution in [-0.4, -0.2) is 30.3 Å². The van der Waals surface area contributed by atoms with Crippen LogP contribution in [0.15, 0.2) is 28.5 Å². The molecule has 1 atom stereocenters. The fraction of sp³-hybridized carbons (Fsp3) is 0.333. The lowest BCUT2D eigenvalue weighted by Crippen LogP contribution is -1.95. The van der Waals surface area contributed by atoms with Crippen LogP contribution in [-0.2, 0) is 7.05 Å². The van der Waals surface area contributed by atoms with E-state index in [1.54, 1.807) is 24.9 Å². The largest absolute Gasteiger partial charge is 0.389 e. The summed E-state index contributed by atoms with van der Waals surface area (Å²) in [5, 5.41) is 21.9. The quantitative estimate of drug-likeness (QED) is 0.851. The Morgan fingerprint density at radius 2 is 2.25 bits per heavy atom. The summed E-state index contributed by atoms with van der Waals surface area (Å²) in [6.45, 7) is 1.70. The molecule has 2 heterocycles. The lowest BCUT2D eigenvalue weighted by molar-refractivity contribution is 0.198. The van der Waals surface area contributed by atoms with E-state index < -0.39 is 6.10 Å². The monoisotopic (exact) mass is 237 g/mol. The number of aliphatic hydroxyl groups is 1. The second-order valence-electron chi connectivity index (χ2n) is 3.29. The Balaban J connectivity index is 2.14. The molecular formula is C9H11N5OS. The summed E-state index contributed by atoms with van der Waals surface area (Å²) in [4.78, 5) is 4.21. The maximum absolute atomic E-state index is 9.33. The molecule has 7 heteroatoms. The van der Waals surface area contributed by atoms with Crippen molar-refractivity contribution in [2.24, 2.45) is 7.05 Å². The lowest BCUT2D eigenvalue weighted by Gasteiger charge is -2.04. The predicted molar refractivity (Wildman–Crippen MR) is 57.8 cm³/mol. The molecule has 0 radical (unpaired) electrons. The van der Waals surface area contributed by atoms with Gasteiger partial charge in [0.2, 0.25) is 5.16 Å². The molecule has 2 aromatic heterocycles. The highest BCUT2D eigenvalue weighted by Gasteiger charge is 2.06. The SMILES string of the molecule is C[C@@H](O)c1ccc(Sc2nnnn2C)nc1. The Bertz CT molecular complexity index is 467. The maximum atomic E-state index is 9.33. The smallest absolute Gasteiger partial charge is 0.215 e. The van der Waals surface area contributed by atoms with Gasteiger partial charge in [-0.05, 0) is 40.7 Å². The second-order valence-corrected chi connectivity index (χ2v) is 4.28. The molecule has 0 aromatic carbocycles. The highest BCUT2D eigenvalue weighted by molar-refractivity contribution is 7.99. The summed E-state index contributed by atoms with van der Waals surface area (Å²) in [6.07, 6.45) is 1.15. The van der Waals surface area contributed by atoms with Crippen LogP contribution in [0.2, 0.25) is 0 Å². The van der Waals surface area contributed by atoms with Crippen LogP contribution >= 0.6 is 11.8 Å². The standard InChI is InChI=1S/C9H11N5OS/c1-6(15)7-3-4-8(10-5-7)16-9-11-12-13-14(9)2/h3-6,15H,1-2H3/t6-/m1/s1. The van der Waals surface area contributed by atoms with Gasteiger partial charge >= 0.3 is 0 Å². The van der Waals surface area contributed by atoms with E-state index >= 15 is 0 Å². The molecule has 0 fully saturated rings. The van der Waals surface area contributed by atoms with Gasteiger partial charge in [0, 0.05) is 13.2 Å². The summed E-state index contributed by atoms with van der Waals surface area (Å²) in [5.41, 5.74) is 0.792. The summed E-state index contributed by atoms with van der Waals surface area (Å²) in [7, 11) is 1.77. The van der Waals surface area contributed by atoms with Crippen molar-refractivity contribution in [3.63, 3.8) is 0 Å². The summed E-state index contributed by atoms with van der Waals surface area (Å²) in [6, 6.07) is 3.67. The lowest BCUT2D eigenvalue weighted by atomic mass is 10.2.